The zero-order valence-corrected chi connectivity index (χ0v) is 25.1. The zero-order valence-electron chi connectivity index (χ0n) is 25.1. The molecule has 1 aromatic heterocycles. The lowest BCUT2D eigenvalue weighted by molar-refractivity contribution is -0.149. The van der Waals surface area contributed by atoms with Crippen LogP contribution in [0.2, 0.25) is 0 Å². The largest absolute Gasteiger partial charge is 0.480 e. The van der Waals surface area contributed by atoms with Crippen molar-refractivity contribution in [2.24, 2.45) is 11.3 Å². The summed E-state index contributed by atoms with van der Waals surface area (Å²) in [6, 6.07) is 5.70. The number of rotatable bonds is 10. The van der Waals surface area contributed by atoms with E-state index in [0.29, 0.717) is 19.4 Å². The van der Waals surface area contributed by atoms with Gasteiger partial charge in [-0.25, -0.2) is 5.43 Å². The van der Waals surface area contributed by atoms with E-state index in [4.69, 9.17) is 0 Å². The average Bonchev–Trinajstić information content (AvgIpc) is 2.94. The van der Waals surface area contributed by atoms with Gasteiger partial charge in [-0.05, 0) is 69.0 Å². The van der Waals surface area contributed by atoms with Crippen LogP contribution in [0.4, 0.5) is 0 Å². The van der Waals surface area contributed by atoms with Crippen LogP contribution in [0.25, 0.3) is 16.8 Å². The van der Waals surface area contributed by atoms with Gasteiger partial charge in [0.1, 0.15) is 18.1 Å². The molecule has 1 aliphatic rings. The number of fused-ring (bicyclic) bond motifs is 1. The third-order valence-electron chi connectivity index (χ3n) is 7.55. The van der Waals surface area contributed by atoms with E-state index < -0.39 is 41.3 Å². The number of benzene rings is 1. The molecule has 1 saturated heterocycles. The topological polar surface area (TPSA) is 132 Å². The maximum absolute atomic E-state index is 13.6. The Labute approximate surface area is 242 Å². The third-order valence-corrected chi connectivity index (χ3v) is 7.55. The van der Waals surface area contributed by atoms with E-state index in [-0.39, 0.29) is 11.8 Å². The van der Waals surface area contributed by atoms with Gasteiger partial charge in [-0.15, -0.1) is 0 Å². The second-order valence-electron chi connectivity index (χ2n) is 11.7. The zero-order chi connectivity index (χ0) is 30.5. The first-order valence-corrected chi connectivity index (χ1v) is 14.2. The highest BCUT2D eigenvalue weighted by atomic mass is 16.4. The van der Waals surface area contributed by atoms with Gasteiger partial charge in [0, 0.05) is 25.2 Å². The van der Waals surface area contributed by atoms with Crippen molar-refractivity contribution in [3.63, 3.8) is 0 Å². The first-order chi connectivity index (χ1) is 19.2. The summed E-state index contributed by atoms with van der Waals surface area (Å²) < 4.78 is 0. The maximum Gasteiger partial charge on any atom is 0.322 e. The van der Waals surface area contributed by atoms with Crippen molar-refractivity contribution in [3.8, 4) is 0 Å². The predicted molar refractivity (Wildman–Crippen MR) is 158 cm³/mol. The van der Waals surface area contributed by atoms with Crippen LogP contribution in [0, 0.1) is 11.3 Å². The van der Waals surface area contributed by atoms with Crippen molar-refractivity contribution >= 4 is 40.5 Å². The Morgan fingerprint density at radius 2 is 1.90 bits per heavy atom. The van der Waals surface area contributed by atoms with E-state index in [1.54, 1.807) is 33.9 Å². The minimum atomic E-state index is -1.03. The van der Waals surface area contributed by atoms with Gasteiger partial charge in [-0.1, -0.05) is 45.0 Å². The second-order valence-corrected chi connectivity index (χ2v) is 11.7. The Balaban J connectivity index is 1.70. The smallest absolute Gasteiger partial charge is 0.322 e. The number of hydrazine groups is 1. The molecule has 0 aliphatic carbocycles. The molecule has 222 valence electrons. The summed E-state index contributed by atoms with van der Waals surface area (Å²) in [6.45, 7) is 11.3. The monoisotopic (exact) mass is 565 g/mol. The number of amides is 3. The number of pyridine rings is 1. The Hall–Kier alpha value is -3.79. The Morgan fingerprint density at radius 1 is 1.20 bits per heavy atom. The molecule has 2 aromatic rings. The summed E-state index contributed by atoms with van der Waals surface area (Å²) in [7, 11) is 1.60. The molecule has 41 heavy (non-hydrogen) atoms. The van der Waals surface area contributed by atoms with E-state index in [1.165, 1.54) is 15.5 Å². The fourth-order valence-corrected chi connectivity index (χ4v) is 5.11. The lowest BCUT2D eigenvalue weighted by Gasteiger charge is -2.36. The van der Waals surface area contributed by atoms with E-state index in [1.807, 2.05) is 32.2 Å². The average molecular weight is 566 g/mol. The number of carbonyl (C=O) groups excluding carboxylic acids is 3. The van der Waals surface area contributed by atoms with E-state index in [2.05, 4.69) is 40.8 Å². The Kier molecular flexibility index (Phi) is 10.3. The molecular formula is C31H43N5O5. The molecule has 2 heterocycles. The third kappa shape index (κ3) is 7.70. The van der Waals surface area contributed by atoms with Crippen LogP contribution in [0.1, 0.15) is 65.6 Å². The lowest BCUT2D eigenvalue weighted by Crippen LogP contribution is -2.61. The van der Waals surface area contributed by atoms with Gasteiger partial charge in [0.05, 0.1) is 11.1 Å². The van der Waals surface area contributed by atoms with Crippen LogP contribution < -0.4 is 10.7 Å². The van der Waals surface area contributed by atoms with E-state index in [0.717, 1.165) is 22.9 Å². The van der Waals surface area contributed by atoms with Gasteiger partial charge in [0.15, 0.2) is 0 Å². The molecule has 3 amide bonds. The van der Waals surface area contributed by atoms with Crippen LogP contribution in [0.3, 0.4) is 0 Å². The van der Waals surface area contributed by atoms with Gasteiger partial charge >= 0.3 is 5.97 Å². The number of hydrogen-bond acceptors (Lipinski definition) is 6. The highest BCUT2D eigenvalue weighted by Gasteiger charge is 2.38. The number of likely N-dealkylation sites (N-methyl/N-ethyl adjacent to an activating group) is 1. The van der Waals surface area contributed by atoms with Gasteiger partial charge < -0.3 is 15.3 Å². The summed E-state index contributed by atoms with van der Waals surface area (Å²) in [5.74, 6) is -2.40. The van der Waals surface area contributed by atoms with Crippen LogP contribution >= 0.6 is 0 Å². The van der Waals surface area contributed by atoms with Crippen molar-refractivity contribution < 1.29 is 24.3 Å². The van der Waals surface area contributed by atoms with Crippen LogP contribution in [-0.2, 0) is 25.6 Å². The summed E-state index contributed by atoms with van der Waals surface area (Å²) in [5, 5.41) is 15.4. The number of hydrogen-bond donors (Lipinski definition) is 3. The normalized spacial score (nSPS) is 17.5. The molecule has 3 N–H and O–H groups in total. The fraction of sp³-hybridized carbons (Fsp3) is 0.516. The highest BCUT2D eigenvalue weighted by Crippen LogP contribution is 2.25. The number of carboxylic acid groups (broad SMARTS) is 1. The summed E-state index contributed by atoms with van der Waals surface area (Å²) in [6.07, 6.45) is 7.34. The number of aryl methyl sites for hydroxylation is 1. The Morgan fingerprint density at radius 3 is 2.54 bits per heavy atom. The first-order valence-electron chi connectivity index (χ1n) is 14.2. The quantitative estimate of drug-likeness (QED) is 0.402. The minimum Gasteiger partial charge on any atom is -0.480 e. The number of aromatic nitrogens is 1. The van der Waals surface area contributed by atoms with Crippen molar-refractivity contribution in [3.05, 3.63) is 47.8 Å². The molecule has 0 radical (unpaired) electrons. The minimum absolute atomic E-state index is 0.231. The van der Waals surface area contributed by atoms with E-state index >= 15 is 0 Å². The molecule has 0 spiro atoms. The standard InChI is InChI=1S/C31H43N5O5/c1-8-21-11-12-22-18-32-24(17-23(22)16-21)13-14-31(5,6)30(41)35(7)26(19(2)3)27(37)33-20(4)28(38)36-15-9-10-25(34-36)29(39)40/h11-14,16-20,25-26,34H,8-10,15H2,1-7H3,(H,33,37)(H,39,40)/b14-13+/t20-,25-,26?/m0/s1. The summed E-state index contributed by atoms with van der Waals surface area (Å²) >= 11 is 0. The SMILES string of the molecule is CCc1ccc2cnc(/C=C/C(C)(C)C(=O)N(C)C(C(=O)N[C@@H](C)C(=O)N3CCC[C@@H](C(=O)O)N3)C(C)C)cc2c1. The number of nitrogens with zero attached hydrogens (tertiary/aromatic N) is 3. The van der Waals surface area contributed by atoms with E-state index in [9.17, 15) is 24.3 Å². The van der Waals surface area contributed by atoms with Crippen molar-refractivity contribution in [1.29, 1.82) is 0 Å². The molecule has 3 atom stereocenters. The molecule has 10 heteroatoms. The van der Waals surface area contributed by atoms with Crippen LogP contribution in [0.5, 0.6) is 0 Å². The van der Waals surface area contributed by atoms with Gasteiger partial charge in [0.25, 0.3) is 5.91 Å². The fourth-order valence-electron chi connectivity index (χ4n) is 5.11. The lowest BCUT2D eigenvalue weighted by atomic mass is 9.89. The van der Waals surface area contributed by atoms with Crippen molar-refractivity contribution in [2.75, 3.05) is 13.6 Å². The summed E-state index contributed by atoms with van der Waals surface area (Å²) in [5.41, 5.74) is 3.75. The van der Waals surface area contributed by atoms with Gasteiger partial charge in [-0.2, -0.15) is 0 Å². The number of carbonyl (C=O) groups is 4. The first kappa shape index (κ1) is 31.7. The molecule has 0 bridgehead atoms. The molecule has 1 aromatic carbocycles. The van der Waals surface area contributed by atoms with Crippen molar-refractivity contribution in [1.82, 2.24) is 25.6 Å². The molecule has 0 saturated carbocycles. The molecular weight excluding hydrogens is 522 g/mol. The van der Waals surface area contributed by atoms with Crippen LogP contribution in [0.15, 0.2) is 36.5 Å². The Bertz CT molecular complexity index is 1320. The number of nitrogens with one attached hydrogen (secondary N) is 2. The van der Waals surface area contributed by atoms with Crippen molar-refractivity contribution in [2.45, 2.75) is 78.9 Å². The highest BCUT2D eigenvalue weighted by molar-refractivity contribution is 5.94. The maximum atomic E-state index is 13.6. The van der Waals surface area contributed by atoms with Gasteiger partial charge in [0.2, 0.25) is 11.8 Å². The molecule has 3 rings (SSSR count). The van der Waals surface area contributed by atoms with Gasteiger partial charge in [-0.3, -0.25) is 29.2 Å². The predicted octanol–water partition coefficient (Wildman–Crippen LogP) is 3.40. The second kappa shape index (κ2) is 13.2. The summed E-state index contributed by atoms with van der Waals surface area (Å²) in [4.78, 5) is 57.2. The molecule has 10 nitrogen and oxygen atoms in total. The van der Waals surface area contributed by atoms with Crippen LogP contribution in [-0.4, -0.2) is 75.4 Å². The number of aliphatic carboxylic acids is 1. The molecule has 1 unspecified atom stereocenters. The molecule has 1 aliphatic heterocycles. The number of carboxylic acids is 1. The molecule has 1 fully saturated rings.